The highest BCUT2D eigenvalue weighted by Crippen LogP contribution is 2.05. The molecule has 0 aliphatic rings. The quantitative estimate of drug-likeness (QED) is 0.782. The highest BCUT2D eigenvalue weighted by Gasteiger charge is 1.99. The number of allylic oxidation sites excluding steroid dienone is 1. The number of carboxylic acids is 1. The molecule has 0 atom stereocenters. The Hall–Kier alpha value is -2.87. The Bertz CT molecular complexity index is 625. The van der Waals surface area contributed by atoms with E-state index < -0.39 is 5.97 Å². The molecule has 2 aromatic rings. The van der Waals surface area contributed by atoms with Crippen molar-refractivity contribution in [1.29, 1.82) is 0 Å². The molecule has 0 aliphatic carbocycles. The van der Waals surface area contributed by atoms with E-state index in [9.17, 15) is 4.79 Å². The second-order valence-electron chi connectivity index (χ2n) is 4.54. The number of hydrogen-bond donors (Lipinski definition) is 1. The summed E-state index contributed by atoms with van der Waals surface area (Å²) in [5, 5.41) is 8.55. The van der Waals surface area contributed by atoms with E-state index in [0.29, 0.717) is 6.42 Å². The molecule has 0 saturated carbocycles. The first-order chi connectivity index (χ1) is 10.6. The van der Waals surface area contributed by atoms with E-state index in [0.717, 1.165) is 5.56 Å². The molecule has 0 radical (unpaired) electrons. The molecule has 0 aliphatic heterocycles. The number of hydrogen-bond acceptors (Lipinski definition) is 1. The molecule has 22 heavy (non-hydrogen) atoms. The Morgan fingerprint density at radius 2 is 1.45 bits per heavy atom. The van der Waals surface area contributed by atoms with Crippen LogP contribution in [0.3, 0.4) is 0 Å². The van der Waals surface area contributed by atoms with Gasteiger partial charge in [0.15, 0.2) is 0 Å². The van der Waals surface area contributed by atoms with Crippen molar-refractivity contribution in [3.63, 3.8) is 0 Å². The average molecular weight is 292 g/mol. The number of carboxylic acid groups (broad SMARTS) is 1. The maximum Gasteiger partial charge on any atom is 0.331 e. The molecule has 2 heteroatoms. The molecule has 0 fully saturated rings. The van der Waals surface area contributed by atoms with Gasteiger partial charge < -0.3 is 5.11 Å². The van der Waals surface area contributed by atoms with E-state index in [4.69, 9.17) is 5.11 Å². The molecule has 0 aromatic heterocycles. The monoisotopic (exact) mass is 292 g/mol. The second kappa shape index (κ2) is 9.94. The van der Waals surface area contributed by atoms with Gasteiger partial charge in [-0.05, 0) is 17.5 Å². The molecule has 1 N–H and O–H groups in total. The van der Waals surface area contributed by atoms with Crippen molar-refractivity contribution in [3.05, 3.63) is 96.6 Å². The van der Waals surface area contributed by atoms with Crippen LogP contribution in [0.5, 0.6) is 0 Å². The Labute approximate surface area is 131 Å². The lowest BCUT2D eigenvalue weighted by molar-refractivity contribution is -0.132. The highest BCUT2D eigenvalue weighted by molar-refractivity contribution is 5.86. The van der Waals surface area contributed by atoms with Gasteiger partial charge in [-0.25, -0.2) is 4.79 Å². The Kier molecular flexibility index (Phi) is 7.77. The van der Waals surface area contributed by atoms with Crippen LogP contribution in [0.25, 0.3) is 12.2 Å². The van der Waals surface area contributed by atoms with Crippen LogP contribution in [-0.2, 0) is 4.79 Å². The van der Waals surface area contributed by atoms with Crippen LogP contribution in [0.1, 0.15) is 17.5 Å². The highest BCUT2D eigenvalue weighted by atomic mass is 16.4. The third-order valence-electron chi connectivity index (χ3n) is 2.81. The predicted molar refractivity (Wildman–Crippen MR) is 93.4 cm³/mol. The van der Waals surface area contributed by atoms with Crippen molar-refractivity contribution in [2.75, 3.05) is 0 Å². The van der Waals surface area contributed by atoms with Gasteiger partial charge in [0, 0.05) is 5.57 Å². The lowest BCUT2D eigenvalue weighted by Crippen LogP contribution is -1.96. The summed E-state index contributed by atoms with van der Waals surface area (Å²) in [5.74, 6) is -0.942. The van der Waals surface area contributed by atoms with Gasteiger partial charge in [-0.1, -0.05) is 92.0 Å². The first kappa shape index (κ1) is 17.2. The van der Waals surface area contributed by atoms with E-state index in [1.54, 1.807) is 6.08 Å². The van der Waals surface area contributed by atoms with Crippen LogP contribution in [0.2, 0.25) is 0 Å². The summed E-state index contributed by atoms with van der Waals surface area (Å²) in [5.41, 5.74) is 2.44. The normalized spacial score (nSPS) is 9.64. The Morgan fingerprint density at radius 1 is 0.955 bits per heavy atom. The van der Waals surface area contributed by atoms with Gasteiger partial charge in [-0.2, -0.15) is 0 Å². The van der Waals surface area contributed by atoms with E-state index in [1.165, 1.54) is 5.56 Å². The van der Waals surface area contributed by atoms with Crippen LogP contribution in [-0.4, -0.2) is 11.1 Å². The zero-order valence-electron chi connectivity index (χ0n) is 12.5. The summed E-state index contributed by atoms with van der Waals surface area (Å²) in [7, 11) is 0. The van der Waals surface area contributed by atoms with Crippen LogP contribution in [0.15, 0.2) is 85.5 Å². The summed E-state index contributed by atoms with van der Waals surface area (Å²) in [4.78, 5) is 10.4. The smallest absolute Gasteiger partial charge is 0.331 e. The maximum absolute atomic E-state index is 10.4. The number of carbonyl (C=O) groups is 1. The molecule has 0 unspecified atom stereocenters. The van der Waals surface area contributed by atoms with Crippen LogP contribution in [0, 0.1) is 0 Å². The lowest BCUT2D eigenvalue weighted by Gasteiger charge is -1.93. The minimum Gasteiger partial charge on any atom is -0.478 e. The van der Waals surface area contributed by atoms with Gasteiger partial charge in [0.2, 0.25) is 0 Å². The van der Waals surface area contributed by atoms with Crippen molar-refractivity contribution < 1.29 is 9.90 Å². The summed E-state index contributed by atoms with van der Waals surface area (Å²) in [6.07, 6.45) is 5.89. The van der Waals surface area contributed by atoms with Crippen molar-refractivity contribution in [1.82, 2.24) is 0 Å². The number of rotatable bonds is 5. The molecule has 2 nitrogen and oxygen atoms in total. The largest absolute Gasteiger partial charge is 0.478 e. The lowest BCUT2D eigenvalue weighted by atomic mass is 10.1. The fourth-order valence-electron chi connectivity index (χ4n) is 1.58. The SMILES string of the molecule is C=C(CC=Cc1ccccc1)C(=O)O.C=Cc1ccccc1. The van der Waals surface area contributed by atoms with Gasteiger partial charge in [-0.3, -0.25) is 0 Å². The van der Waals surface area contributed by atoms with Crippen molar-refractivity contribution >= 4 is 18.1 Å². The molecule has 112 valence electrons. The topological polar surface area (TPSA) is 37.3 Å². The molecular formula is C20H20O2. The van der Waals surface area contributed by atoms with Gasteiger partial charge in [0.05, 0.1) is 0 Å². The molecule has 0 spiro atoms. The number of benzene rings is 2. The summed E-state index contributed by atoms with van der Waals surface area (Å²) >= 11 is 0. The fraction of sp³-hybridized carbons (Fsp3) is 0.0500. The van der Waals surface area contributed by atoms with Crippen molar-refractivity contribution in [2.24, 2.45) is 0 Å². The zero-order valence-corrected chi connectivity index (χ0v) is 12.5. The maximum atomic E-state index is 10.4. The first-order valence-corrected chi connectivity index (χ1v) is 6.93. The summed E-state index contributed by atoms with van der Waals surface area (Å²) in [6, 6.07) is 19.8. The number of aliphatic carboxylic acids is 1. The molecule has 2 aromatic carbocycles. The second-order valence-corrected chi connectivity index (χ2v) is 4.54. The molecule has 0 amide bonds. The Balaban J connectivity index is 0.000000255. The standard InChI is InChI=1S/C12H12O2.C8H8/c1-10(12(13)14)6-5-9-11-7-3-2-4-8-11;1-2-8-6-4-3-5-7-8/h2-5,7-9H,1,6H2,(H,13,14);2-7H,1H2. The third-order valence-corrected chi connectivity index (χ3v) is 2.81. The third kappa shape index (κ3) is 7.06. The molecule has 0 heterocycles. The molecule has 0 saturated heterocycles. The zero-order chi connectivity index (χ0) is 16.2. The molecular weight excluding hydrogens is 272 g/mol. The van der Waals surface area contributed by atoms with Crippen LogP contribution >= 0.6 is 0 Å². The van der Waals surface area contributed by atoms with Crippen LogP contribution in [0.4, 0.5) is 0 Å². The Morgan fingerprint density at radius 3 is 1.86 bits per heavy atom. The minimum absolute atomic E-state index is 0.206. The minimum atomic E-state index is -0.942. The van der Waals surface area contributed by atoms with E-state index in [2.05, 4.69) is 13.2 Å². The van der Waals surface area contributed by atoms with Gasteiger partial charge >= 0.3 is 5.97 Å². The van der Waals surface area contributed by atoms with Gasteiger partial charge in [-0.15, -0.1) is 0 Å². The average Bonchev–Trinajstić information content (AvgIpc) is 2.57. The van der Waals surface area contributed by atoms with Gasteiger partial charge in [0.25, 0.3) is 0 Å². The van der Waals surface area contributed by atoms with Crippen molar-refractivity contribution in [2.45, 2.75) is 6.42 Å². The van der Waals surface area contributed by atoms with Crippen LogP contribution < -0.4 is 0 Å². The summed E-state index contributed by atoms with van der Waals surface area (Å²) in [6.45, 7) is 7.07. The van der Waals surface area contributed by atoms with E-state index in [-0.39, 0.29) is 5.57 Å². The molecule has 2 rings (SSSR count). The van der Waals surface area contributed by atoms with Gasteiger partial charge in [0.1, 0.15) is 0 Å². The predicted octanol–water partition coefficient (Wildman–Crippen LogP) is 5.06. The summed E-state index contributed by atoms with van der Waals surface area (Å²) < 4.78 is 0. The molecule has 0 bridgehead atoms. The van der Waals surface area contributed by atoms with Crippen molar-refractivity contribution in [3.8, 4) is 0 Å². The fourth-order valence-corrected chi connectivity index (χ4v) is 1.58. The first-order valence-electron chi connectivity index (χ1n) is 6.93. The van der Waals surface area contributed by atoms with E-state index >= 15 is 0 Å². The van der Waals surface area contributed by atoms with E-state index in [1.807, 2.05) is 72.8 Å².